The molecule has 0 amide bonds. The zero-order valence-electron chi connectivity index (χ0n) is 21.3. The van der Waals surface area contributed by atoms with Crippen LogP contribution in [0.25, 0.3) is 0 Å². The zero-order valence-corrected chi connectivity index (χ0v) is 21.3. The number of aromatic nitrogens is 3. The molecule has 180 valence electrons. The maximum atomic E-state index is 10.3. The highest BCUT2D eigenvalue weighted by Crippen LogP contribution is 2.68. The van der Waals surface area contributed by atoms with Crippen LogP contribution < -0.4 is 0 Å². The first-order chi connectivity index (χ1) is 15.4. The number of rotatable bonds is 4. The van der Waals surface area contributed by atoms with Gasteiger partial charge in [-0.15, -0.1) is 0 Å². The lowest BCUT2D eigenvalue weighted by atomic mass is 9.44. The van der Waals surface area contributed by atoms with Gasteiger partial charge in [-0.1, -0.05) is 34.6 Å². The Morgan fingerprint density at radius 3 is 2.38 bits per heavy atom. The molecule has 4 fully saturated rings. The van der Waals surface area contributed by atoms with E-state index in [0.29, 0.717) is 10.8 Å². The highest BCUT2D eigenvalue weighted by atomic mass is 16.3. The van der Waals surface area contributed by atoms with Crippen LogP contribution in [0.3, 0.4) is 0 Å². The van der Waals surface area contributed by atoms with E-state index in [2.05, 4.69) is 35.7 Å². The lowest BCUT2D eigenvalue weighted by Crippen LogP contribution is -2.54. The summed E-state index contributed by atoms with van der Waals surface area (Å²) in [5.41, 5.74) is 1.02. The molecular weight excluding hydrogens is 394 g/mol. The standard InChI is InChI=1S/C26H41N3O.C2H6/c1-17(4-9-24-28-15-27-16-29-24)21-7-8-22-20-6-5-18-14-19(30)10-12-25(18,2)23(20)11-13-26(21,22)3;1-2/h15-23,30H,4-14H2,1-3H3;1-2H3/t17-,18?,19?,20?,21?,22?,23?,25-,26?;/m0./s1. The number of hydrogen-bond donors (Lipinski definition) is 1. The fourth-order valence-electron chi connectivity index (χ4n) is 9.16. The highest BCUT2D eigenvalue weighted by molar-refractivity contribution is 5.09. The second-order valence-corrected chi connectivity index (χ2v) is 11.9. The van der Waals surface area contributed by atoms with E-state index in [1.165, 1.54) is 51.4 Å². The van der Waals surface area contributed by atoms with Gasteiger partial charge in [0.1, 0.15) is 18.5 Å². The lowest BCUT2D eigenvalue weighted by Gasteiger charge is -2.61. The Morgan fingerprint density at radius 2 is 1.62 bits per heavy atom. The topological polar surface area (TPSA) is 58.9 Å². The minimum atomic E-state index is -0.0328. The molecule has 1 heterocycles. The molecule has 1 aromatic heterocycles. The van der Waals surface area contributed by atoms with Crippen molar-refractivity contribution in [2.75, 3.05) is 0 Å². The predicted molar refractivity (Wildman–Crippen MR) is 130 cm³/mol. The van der Waals surface area contributed by atoms with Crippen molar-refractivity contribution in [2.24, 2.45) is 46.3 Å². The van der Waals surface area contributed by atoms with Crippen LogP contribution >= 0.6 is 0 Å². The van der Waals surface area contributed by atoms with Crippen LogP contribution in [-0.2, 0) is 6.42 Å². The molecule has 4 aliphatic rings. The molecule has 0 bridgehead atoms. The number of nitrogens with zero attached hydrogens (tertiary/aromatic N) is 3. The van der Waals surface area contributed by atoms with Crippen LogP contribution in [-0.4, -0.2) is 26.2 Å². The van der Waals surface area contributed by atoms with E-state index < -0.39 is 0 Å². The number of aliphatic hydroxyl groups is 1. The SMILES string of the molecule is CC.C[C@@H](CCc1ncncn1)C1CCC2C3CCC4CC(O)CC[C@]4(C)C3CCC21C. The van der Waals surface area contributed by atoms with Crippen LogP contribution in [0.15, 0.2) is 12.7 Å². The molecule has 0 aliphatic heterocycles. The summed E-state index contributed by atoms with van der Waals surface area (Å²) in [5, 5.41) is 10.3. The first-order valence-electron chi connectivity index (χ1n) is 13.7. The van der Waals surface area contributed by atoms with Crippen LogP contribution in [0.5, 0.6) is 0 Å². The second kappa shape index (κ2) is 9.68. The van der Waals surface area contributed by atoms with Crippen molar-refractivity contribution in [1.29, 1.82) is 0 Å². The van der Waals surface area contributed by atoms with Crippen LogP contribution in [0, 0.1) is 46.3 Å². The Morgan fingerprint density at radius 1 is 0.938 bits per heavy atom. The third-order valence-corrected chi connectivity index (χ3v) is 10.8. The van der Waals surface area contributed by atoms with Crippen LogP contribution in [0.2, 0.25) is 0 Å². The minimum absolute atomic E-state index is 0.0328. The molecule has 1 N–H and O–H groups in total. The Labute approximate surface area is 196 Å². The summed E-state index contributed by atoms with van der Waals surface area (Å²) in [6.45, 7) is 11.8. The number of fused-ring (bicyclic) bond motifs is 5. The van der Waals surface area contributed by atoms with E-state index in [9.17, 15) is 5.11 Å². The van der Waals surface area contributed by atoms with Crippen LogP contribution in [0.4, 0.5) is 0 Å². The van der Waals surface area contributed by atoms with Crippen molar-refractivity contribution < 1.29 is 5.11 Å². The van der Waals surface area contributed by atoms with Gasteiger partial charge >= 0.3 is 0 Å². The zero-order chi connectivity index (χ0) is 22.9. The fraction of sp³-hybridized carbons (Fsp3) is 0.893. The molecule has 32 heavy (non-hydrogen) atoms. The Bertz CT molecular complexity index is 741. The maximum Gasteiger partial charge on any atom is 0.131 e. The molecule has 0 radical (unpaired) electrons. The van der Waals surface area contributed by atoms with Crippen molar-refractivity contribution in [3.8, 4) is 0 Å². The fourth-order valence-corrected chi connectivity index (χ4v) is 9.16. The van der Waals surface area contributed by atoms with Crippen molar-refractivity contribution in [3.05, 3.63) is 18.5 Å². The van der Waals surface area contributed by atoms with Gasteiger partial charge in [-0.25, -0.2) is 15.0 Å². The third-order valence-electron chi connectivity index (χ3n) is 10.8. The predicted octanol–water partition coefficient (Wildman–Crippen LogP) is 6.49. The molecule has 5 rings (SSSR count). The molecular formula is C28H47N3O. The maximum absolute atomic E-state index is 10.3. The average Bonchev–Trinajstić information content (AvgIpc) is 3.17. The van der Waals surface area contributed by atoms with E-state index in [1.807, 2.05) is 13.8 Å². The van der Waals surface area contributed by atoms with Gasteiger partial charge in [-0.05, 0) is 111 Å². The summed E-state index contributed by atoms with van der Waals surface area (Å²) in [6.07, 6.45) is 17.3. The van der Waals surface area contributed by atoms with Crippen LogP contribution in [0.1, 0.15) is 105 Å². The van der Waals surface area contributed by atoms with E-state index in [1.54, 1.807) is 12.7 Å². The molecule has 0 aromatic carbocycles. The summed E-state index contributed by atoms with van der Waals surface area (Å²) >= 11 is 0. The molecule has 9 atom stereocenters. The molecule has 7 unspecified atom stereocenters. The third kappa shape index (κ3) is 4.14. The summed E-state index contributed by atoms with van der Waals surface area (Å²) in [7, 11) is 0. The Kier molecular flexibility index (Phi) is 7.29. The Hall–Kier alpha value is -1.03. The summed E-state index contributed by atoms with van der Waals surface area (Å²) in [5.74, 6) is 6.07. The second-order valence-electron chi connectivity index (χ2n) is 11.9. The van der Waals surface area contributed by atoms with E-state index in [0.717, 1.165) is 60.6 Å². The van der Waals surface area contributed by atoms with E-state index in [4.69, 9.17) is 0 Å². The van der Waals surface area contributed by atoms with Gasteiger partial charge in [0.2, 0.25) is 0 Å². The van der Waals surface area contributed by atoms with Gasteiger partial charge in [-0.2, -0.15) is 0 Å². The smallest absolute Gasteiger partial charge is 0.131 e. The molecule has 0 saturated heterocycles. The van der Waals surface area contributed by atoms with Gasteiger partial charge in [0.25, 0.3) is 0 Å². The van der Waals surface area contributed by atoms with Gasteiger partial charge in [0, 0.05) is 6.42 Å². The summed E-state index contributed by atoms with van der Waals surface area (Å²) in [4.78, 5) is 12.6. The number of aliphatic hydroxyl groups excluding tert-OH is 1. The van der Waals surface area contributed by atoms with Gasteiger partial charge in [-0.3, -0.25) is 0 Å². The number of hydrogen-bond acceptors (Lipinski definition) is 4. The molecule has 4 heteroatoms. The van der Waals surface area contributed by atoms with E-state index in [-0.39, 0.29) is 6.10 Å². The molecule has 4 nitrogen and oxygen atoms in total. The summed E-state index contributed by atoms with van der Waals surface area (Å²) < 4.78 is 0. The van der Waals surface area contributed by atoms with Gasteiger partial charge < -0.3 is 5.11 Å². The normalized spacial score (nSPS) is 43.8. The first-order valence-corrected chi connectivity index (χ1v) is 13.7. The molecule has 4 aliphatic carbocycles. The molecule has 1 aromatic rings. The van der Waals surface area contributed by atoms with E-state index >= 15 is 0 Å². The monoisotopic (exact) mass is 441 g/mol. The minimum Gasteiger partial charge on any atom is -0.393 e. The van der Waals surface area contributed by atoms with Crippen molar-refractivity contribution in [1.82, 2.24) is 15.0 Å². The van der Waals surface area contributed by atoms with Gasteiger partial charge in [0.05, 0.1) is 6.10 Å². The molecule has 4 saturated carbocycles. The largest absolute Gasteiger partial charge is 0.393 e. The quantitative estimate of drug-likeness (QED) is 0.580. The van der Waals surface area contributed by atoms with Crippen molar-refractivity contribution >= 4 is 0 Å². The van der Waals surface area contributed by atoms with Crippen molar-refractivity contribution in [3.63, 3.8) is 0 Å². The highest BCUT2D eigenvalue weighted by Gasteiger charge is 2.60. The Balaban J connectivity index is 0.00000119. The van der Waals surface area contributed by atoms with Crippen molar-refractivity contribution in [2.45, 2.75) is 111 Å². The summed E-state index contributed by atoms with van der Waals surface area (Å²) in [6, 6.07) is 0. The first kappa shape index (κ1) is 24.1. The molecule has 0 spiro atoms. The average molecular weight is 442 g/mol. The lowest BCUT2D eigenvalue weighted by molar-refractivity contribution is -0.129. The van der Waals surface area contributed by atoms with Gasteiger partial charge in [0.15, 0.2) is 0 Å². The number of aryl methyl sites for hydroxylation is 1.